The predicted molar refractivity (Wildman–Crippen MR) is 73.6 cm³/mol. The summed E-state index contributed by atoms with van der Waals surface area (Å²) in [4.78, 5) is 0. The summed E-state index contributed by atoms with van der Waals surface area (Å²) in [5.74, 6) is 0.678. The molecular formula is C13H24ClN3. The summed E-state index contributed by atoms with van der Waals surface area (Å²) in [5.41, 5.74) is 2.27. The second-order valence-corrected chi connectivity index (χ2v) is 5.18. The molecule has 3 nitrogen and oxygen atoms in total. The molecule has 1 rings (SSSR count). The van der Waals surface area contributed by atoms with Crippen LogP contribution in [0.1, 0.15) is 37.9 Å². The maximum absolute atomic E-state index is 6.21. The van der Waals surface area contributed by atoms with E-state index < -0.39 is 0 Å². The van der Waals surface area contributed by atoms with Crippen LogP contribution in [-0.2, 0) is 13.5 Å². The highest BCUT2D eigenvalue weighted by molar-refractivity contribution is 6.30. The molecular weight excluding hydrogens is 234 g/mol. The van der Waals surface area contributed by atoms with Crippen LogP contribution in [0.15, 0.2) is 0 Å². The fourth-order valence-corrected chi connectivity index (χ4v) is 2.24. The Balaban J connectivity index is 2.39. The number of aromatic nitrogens is 2. The van der Waals surface area contributed by atoms with Crippen molar-refractivity contribution in [2.24, 2.45) is 13.0 Å². The van der Waals surface area contributed by atoms with Crippen LogP contribution in [0, 0.1) is 12.8 Å². The van der Waals surface area contributed by atoms with Crippen LogP contribution in [0.3, 0.4) is 0 Å². The van der Waals surface area contributed by atoms with Crippen LogP contribution in [-0.4, -0.2) is 22.9 Å². The number of aryl methyl sites for hydroxylation is 2. The van der Waals surface area contributed by atoms with E-state index in [4.69, 9.17) is 11.6 Å². The SMILES string of the molecule is CCCNCC(C)CCc1c(C)nn(C)c1Cl. The van der Waals surface area contributed by atoms with Gasteiger partial charge < -0.3 is 5.32 Å². The zero-order valence-corrected chi connectivity index (χ0v) is 12.1. The van der Waals surface area contributed by atoms with Gasteiger partial charge >= 0.3 is 0 Å². The fourth-order valence-electron chi connectivity index (χ4n) is 1.98. The molecule has 0 aliphatic carbocycles. The third-order valence-corrected chi connectivity index (χ3v) is 3.55. The van der Waals surface area contributed by atoms with Crippen molar-refractivity contribution in [2.75, 3.05) is 13.1 Å². The monoisotopic (exact) mass is 257 g/mol. The quantitative estimate of drug-likeness (QED) is 0.762. The molecule has 4 heteroatoms. The first-order valence-electron chi connectivity index (χ1n) is 6.45. The zero-order valence-electron chi connectivity index (χ0n) is 11.4. The number of nitrogens with zero attached hydrogens (tertiary/aromatic N) is 2. The van der Waals surface area contributed by atoms with Gasteiger partial charge in [0.25, 0.3) is 0 Å². The molecule has 0 saturated heterocycles. The molecule has 1 aromatic rings. The first-order chi connectivity index (χ1) is 8.06. The van der Waals surface area contributed by atoms with Crippen LogP contribution in [0.2, 0.25) is 5.15 Å². The lowest BCUT2D eigenvalue weighted by molar-refractivity contribution is 0.481. The average Bonchev–Trinajstić information content (AvgIpc) is 2.51. The molecule has 0 radical (unpaired) electrons. The Kier molecular flexibility index (Phi) is 6.00. The number of nitrogens with one attached hydrogen (secondary N) is 1. The summed E-state index contributed by atoms with van der Waals surface area (Å²) in [7, 11) is 1.89. The molecule has 1 heterocycles. The van der Waals surface area contributed by atoms with Crippen LogP contribution in [0.25, 0.3) is 0 Å². The van der Waals surface area contributed by atoms with Crippen LogP contribution >= 0.6 is 11.6 Å². The zero-order chi connectivity index (χ0) is 12.8. The molecule has 0 bridgehead atoms. The smallest absolute Gasteiger partial charge is 0.130 e. The van der Waals surface area contributed by atoms with Gasteiger partial charge in [0.15, 0.2) is 0 Å². The predicted octanol–water partition coefficient (Wildman–Crippen LogP) is 2.95. The van der Waals surface area contributed by atoms with Crippen molar-refractivity contribution in [3.05, 3.63) is 16.4 Å². The normalized spacial score (nSPS) is 13.0. The van der Waals surface area contributed by atoms with Crippen LogP contribution in [0.5, 0.6) is 0 Å². The first-order valence-corrected chi connectivity index (χ1v) is 6.82. The molecule has 0 aliphatic heterocycles. The first kappa shape index (κ1) is 14.5. The molecule has 98 valence electrons. The summed E-state index contributed by atoms with van der Waals surface area (Å²) in [6.45, 7) is 8.70. The second kappa shape index (κ2) is 7.02. The van der Waals surface area contributed by atoms with Crippen molar-refractivity contribution >= 4 is 11.6 Å². The maximum Gasteiger partial charge on any atom is 0.130 e. The third kappa shape index (κ3) is 4.32. The second-order valence-electron chi connectivity index (χ2n) is 4.83. The van der Waals surface area contributed by atoms with Gasteiger partial charge in [-0.05, 0) is 45.2 Å². The molecule has 1 atom stereocenters. The van der Waals surface area contributed by atoms with E-state index in [-0.39, 0.29) is 0 Å². The molecule has 1 unspecified atom stereocenters. The highest BCUT2D eigenvalue weighted by Gasteiger charge is 2.12. The Morgan fingerprint density at radius 3 is 2.71 bits per heavy atom. The number of hydrogen-bond acceptors (Lipinski definition) is 2. The molecule has 17 heavy (non-hydrogen) atoms. The van der Waals surface area contributed by atoms with E-state index in [0.29, 0.717) is 5.92 Å². The van der Waals surface area contributed by atoms with Crippen molar-refractivity contribution in [3.63, 3.8) is 0 Å². The van der Waals surface area contributed by atoms with Gasteiger partial charge in [0.05, 0.1) is 5.69 Å². The minimum atomic E-state index is 0.678. The highest BCUT2D eigenvalue weighted by atomic mass is 35.5. The molecule has 0 saturated carbocycles. The van der Waals surface area contributed by atoms with Gasteiger partial charge in [-0.25, -0.2) is 0 Å². The fraction of sp³-hybridized carbons (Fsp3) is 0.769. The molecule has 0 amide bonds. The highest BCUT2D eigenvalue weighted by Crippen LogP contribution is 2.21. The average molecular weight is 258 g/mol. The molecule has 0 aromatic carbocycles. The van der Waals surface area contributed by atoms with Gasteiger partial charge in [-0.15, -0.1) is 0 Å². The van der Waals surface area contributed by atoms with E-state index in [9.17, 15) is 0 Å². The van der Waals surface area contributed by atoms with Gasteiger partial charge in [-0.3, -0.25) is 4.68 Å². The van der Waals surface area contributed by atoms with E-state index >= 15 is 0 Å². The standard InChI is InChI=1S/C13H24ClN3/c1-5-8-15-9-10(2)6-7-12-11(3)16-17(4)13(12)14/h10,15H,5-9H2,1-4H3. The Labute approximate surface area is 110 Å². The van der Waals surface area contributed by atoms with Crippen molar-refractivity contribution in [1.29, 1.82) is 0 Å². The molecule has 0 aliphatic rings. The van der Waals surface area contributed by atoms with Gasteiger partial charge in [-0.1, -0.05) is 25.4 Å². The van der Waals surface area contributed by atoms with Crippen molar-refractivity contribution in [3.8, 4) is 0 Å². The van der Waals surface area contributed by atoms with Crippen molar-refractivity contribution < 1.29 is 0 Å². The van der Waals surface area contributed by atoms with E-state index in [1.165, 1.54) is 12.0 Å². The number of hydrogen-bond donors (Lipinski definition) is 1. The lowest BCUT2D eigenvalue weighted by atomic mass is 10.0. The van der Waals surface area contributed by atoms with E-state index in [0.717, 1.165) is 36.8 Å². The molecule has 1 aromatic heterocycles. The minimum absolute atomic E-state index is 0.678. The van der Waals surface area contributed by atoms with Crippen LogP contribution < -0.4 is 5.32 Å². The summed E-state index contributed by atoms with van der Waals surface area (Å²) >= 11 is 6.21. The van der Waals surface area contributed by atoms with Gasteiger partial charge in [0.2, 0.25) is 0 Å². The van der Waals surface area contributed by atoms with E-state index in [1.807, 2.05) is 14.0 Å². The molecule has 0 fully saturated rings. The van der Waals surface area contributed by atoms with Crippen molar-refractivity contribution in [1.82, 2.24) is 15.1 Å². The summed E-state index contributed by atoms with van der Waals surface area (Å²) < 4.78 is 1.76. The Morgan fingerprint density at radius 1 is 1.47 bits per heavy atom. The summed E-state index contributed by atoms with van der Waals surface area (Å²) in [6, 6.07) is 0. The van der Waals surface area contributed by atoms with Gasteiger partial charge in [-0.2, -0.15) is 5.10 Å². The number of rotatable bonds is 7. The third-order valence-electron chi connectivity index (χ3n) is 3.08. The van der Waals surface area contributed by atoms with Gasteiger partial charge in [0, 0.05) is 12.6 Å². The topological polar surface area (TPSA) is 29.9 Å². The van der Waals surface area contributed by atoms with Gasteiger partial charge in [0.1, 0.15) is 5.15 Å². The minimum Gasteiger partial charge on any atom is -0.316 e. The summed E-state index contributed by atoms with van der Waals surface area (Å²) in [6.07, 6.45) is 3.37. The maximum atomic E-state index is 6.21. The number of halogens is 1. The van der Waals surface area contributed by atoms with E-state index in [1.54, 1.807) is 4.68 Å². The Morgan fingerprint density at radius 2 is 2.18 bits per heavy atom. The lowest BCUT2D eigenvalue weighted by Crippen LogP contribution is -2.22. The Bertz CT molecular complexity index is 347. The Hall–Kier alpha value is -0.540. The van der Waals surface area contributed by atoms with Crippen LogP contribution in [0.4, 0.5) is 0 Å². The largest absolute Gasteiger partial charge is 0.316 e. The summed E-state index contributed by atoms with van der Waals surface area (Å²) in [5, 5.41) is 8.57. The van der Waals surface area contributed by atoms with Crippen molar-refractivity contribution in [2.45, 2.75) is 40.0 Å². The van der Waals surface area contributed by atoms with E-state index in [2.05, 4.69) is 24.3 Å². The molecule has 1 N–H and O–H groups in total. The molecule has 0 spiro atoms. The lowest BCUT2D eigenvalue weighted by Gasteiger charge is -2.11.